The van der Waals surface area contributed by atoms with Crippen LogP contribution in [0.1, 0.15) is 55.9 Å². The van der Waals surface area contributed by atoms with Crippen molar-refractivity contribution in [2.45, 2.75) is 45.6 Å². The highest BCUT2D eigenvalue weighted by Crippen LogP contribution is 2.37. The van der Waals surface area contributed by atoms with Gasteiger partial charge in [-0.2, -0.15) is 5.10 Å². The molecule has 1 N–H and O–H groups in total. The molecule has 1 amide bonds. The molecular formula is C15H25N3O2. The van der Waals surface area contributed by atoms with E-state index in [0.717, 1.165) is 19.4 Å². The molecule has 0 saturated heterocycles. The number of aromatic nitrogens is 2. The van der Waals surface area contributed by atoms with Crippen molar-refractivity contribution >= 4 is 5.91 Å². The number of ether oxygens (including phenoxy) is 1. The summed E-state index contributed by atoms with van der Waals surface area (Å²) in [5, 5.41) is 7.25. The van der Waals surface area contributed by atoms with Crippen LogP contribution in [-0.2, 0) is 4.74 Å². The summed E-state index contributed by atoms with van der Waals surface area (Å²) in [6, 6.07) is 0.270. The van der Waals surface area contributed by atoms with Crippen LogP contribution < -0.4 is 5.32 Å². The molecule has 0 radical (unpaired) electrons. The average molecular weight is 279 g/mol. The Bertz CT molecular complexity index is 448. The number of carbonyl (C=O) groups is 1. The summed E-state index contributed by atoms with van der Waals surface area (Å²) in [5.41, 5.74) is 0.752. The van der Waals surface area contributed by atoms with E-state index < -0.39 is 0 Å². The molecule has 0 spiro atoms. The fourth-order valence-electron chi connectivity index (χ4n) is 2.91. The Hall–Kier alpha value is -1.36. The lowest BCUT2D eigenvalue weighted by Gasteiger charge is -2.28. The van der Waals surface area contributed by atoms with Crippen LogP contribution in [0.3, 0.4) is 0 Å². The van der Waals surface area contributed by atoms with Gasteiger partial charge in [0.2, 0.25) is 0 Å². The molecule has 0 bridgehead atoms. The number of hydrogen-bond donors (Lipinski definition) is 1. The van der Waals surface area contributed by atoms with Crippen LogP contribution in [0.15, 0.2) is 12.4 Å². The van der Waals surface area contributed by atoms with Gasteiger partial charge in [0.25, 0.3) is 5.91 Å². The molecule has 20 heavy (non-hydrogen) atoms. The SMILES string of the molecule is COCC1(CNC(=O)c2cnn(C(C)C)c2)CCCC1. The minimum atomic E-state index is -0.0423. The van der Waals surface area contributed by atoms with E-state index in [1.165, 1.54) is 12.8 Å². The van der Waals surface area contributed by atoms with Gasteiger partial charge in [-0.15, -0.1) is 0 Å². The van der Waals surface area contributed by atoms with E-state index in [1.807, 2.05) is 13.8 Å². The topological polar surface area (TPSA) is 56.1 Å². The van der Waals surface area contributed by atoms with E-state index in [-0.39, 0.29) is 17.4 Å². The molecule has 1 heterocycles. The van der Waals surface area contributed by atoms with Gasteiger partial charge in [0.05, 0.1) is 18.4 Å². The van der Waals surface area contributed by atoms with Crippen LogP contribution >= 0.6 is 0 Å². The molecule has 1 saturated carbocycles. The van der Waals surface area contributed by atoms with Crippen LogP contribution in [0.2, 0.25) is 0 Å². The number of hydrogen-bond acceptors (Lipinski definition) is 3. The second kappa shape index (κ2) is 6.39. The van der Waals surface area contributed by atoms with E-state index in [4.69, 9.17) is 4.74 Å². The van der Waals surface area contributed by atoms with Crippen LogP contribution in [0.4, 0.5) is 0 Å². The van der Waals surface area contributed by atoms with Crippen LogP contribution in [0.25, 0.3) is 0 Å². The number of nitrogens with zero attached hydrogens (tertiary/aromatic N) is 2. The highest BCUT2D eigenvalue weighted by Gasteiger charge is 2.34. The first-order valence-electron chi connectivity index (χ1n) is 7.38. The van der Waals surface area contributed by atoms with Crippen molar-refractivity contribution < 1.29 is 9.53 Å². The minimum absolute atomic E-state index is 0.0423. The van der Waals surface area contributed by atoms with E-state index in [1.54, 1.807) is 24.2 Å². The normalized spacial score (nSPS) is 17.6. The predicted molar refractivity (Wildman–Crippen MR) is 77.7 cm³/mol. The van der Waals surface area contributed by atoms with Gasteiger partial charge in [0, 0.05) is 31.3 Å². The van der Waals surface area contributed by atoms with Gasteiger partial charge in [0.1, 0.15) is 0 Å². The predicted octanol–water partition coefficient (Wildman–Crippen LogP) is 2.40. The Morgan fingerprint density at radius 3 is 2.75 bits per heavy atom. The van der Waals surface area contributed by atoms with Gasteiger partial charge in [-0.3, -0.25) is 9.48 Å². The largest absolute Gasteiger partial charge is 0.384 e. The van der Waals surface area contributed by atoms with Crippen molar-refractivity contribution in [1.82, 2.24) is 15.1 Å². The first-order valence-corrected chi connectivity index (χ1v) is 7.38. The van der Waals surface area contributed by atoms with Gasteiger partial charge >= 0.3 is 0 Å². The molecule has 2 rings (SSSR count). The van der Waals surface area contributed by atoms with E-state index in [0.29, 0.717) is 12.1 Å². The monoisotopic (exact) mass is 279 g/mol. The number of nitrogens with one attached hydrogen (secondary N) is 1. The lowest BCUT2D eigenvalue weighted by Crippen LogP contribution is -2.38. The van der Waals surface area contributed by atoms with E-state index >= 15 is 0 Å². The Morgan fingerprint density at radius 2 is 2.20 bits per heavy atom. The summed E-state index contributed by atoms with van der Waals surface area (Å²) in [6.07, 6.45) is 8.15. The van der Waals surface area contributed by atoms with Crippen LogP contribution in [0.5, 0.6) is 0 Å². The van der Waals surface area contributed by atoms with Gasteiger partial charge in [-0.05, 0) is 26.7 Å². The van der Waals surface area contributed by atoms with Crippen LogP contribution in [0, 0.1) is 5.41 Å². The summed E-state index contributed by atoms with van der Waals surface area (Å²) in [5.74, 6) is -0.0423. The van der Waals surface area contributed by atoms with E-state index in [2.05, 4.69) is 10.4 Å². The van der Waals surface area contributed by atoms with Crippen molar-refractivity contribution in [1.29, 1.82) is 0 Å². The Balaban J connectivity index is 1.93. The zero-order valence-electron chi connectivity index (χ0n) is 12.7. The number of methoxy groups -OCH3 is 1. The first-order chi connectivity index (χ1) is 9.56. The van der Waals surface area contributed by atoms with Gasteiger partial charge in [-0.1, -0.05) is 12.8 Å². The Morgan fingerprint density at radius 1 is 1.50 bits per heavy atom. The molecule has 5 heteroatoms. The number of carbonyl (C=O) groups excluding carboxylic acids is 1. The van der Waals surface area contributed by atoms with Crippen LogP contribution in [-0.4, -0.2) is 35.9 Å². The molecular weight excluding hydrogens is 254 g/mol. The standard InChI is InChI=1S/C15H25N3O2/c1-12(2)18-9-13(8-17-18)14(19)16-10-15(11-20-3)6-4-5-7-15/h8-9,12H,4-7,10-11H2,1-3H3,(H,16,19). The highest BCUT2D eigenvalue weighted by atomic mass is 16.5. The third-order valence-electron chi connectivity index (χ3n) is 4.13. The molecule has 0 atom stereocenters. The summed E-state index contributed by atoms with van der Waals surface area (Å²) in [6.45, 7) is 5.49. The zero-order chi connectivity index (χ0) is 14.6. The molecule has 1 aliphatic rings. The van der Waals surface area contributed by atoms with Crippen molar-refractivity contribution in [3.63, 3.8) is 0 Å². The molecule has 5 nitrogen and oxygen atoms in total. The van der Waals surface area contributed by atoms with Crippen molar-refractivity contribution in [2.24, 2.45) is 5.41 Å². The number of rotatable bonds is 6. The quantitative estimate of drug-likeness (QED) is 0.870. The minimum Gasteiger partial charge on any atom is -0.384 e. The first kappa shape index (κ1) is 15.0. The molecule has 1 aliphatic carbocycles. The maximum absolute atomic E-state index is 12.2. The van der Waals surface area contributed by atoms with Gasteiger partial charge in [-0.25, -0.2) is 0 Å². The highest BCUT2D eigenvalue weighted by molar-refractivity contribution is 5.93. The fourth-order valence-corrected chi connectivity index (χ4v) is 2.91. The summed E-state index contributed by atoms with van der Waals surface area (Å²) in [7, 11) is 1.73. The average Bonchev–Trinajstić information content (AvgIpc) is 3.06. The third-order valence-corrected chi connectivity index (χ3v) is 4.13. The van der Waals surface area contributed by atoms with Gasteiger partial charge in [0.15, 0.2) is 0 Å². The molecule has 0 unspecified atom stereocenters. The second-order valence-electron chi connectivity index (χ2n) is 6.13. The zero-order valence-corrected chi connectivity index (χ0v) is 12.7. The third kappa shape index (κ3) is 3.39. The second-order valence-corrected chi connectivity index (χ2v) is 6.13. The number of amides is 1. The Kier molecular flexibility index (Phi) is 4.81. The van der Waals surface area contributed by atoms with E-state index in [9.17, 15) is 4.79 Å². The lowest BCUT2D eigenvalue weighted by molar-refractivity contribution is 0.0740. The van der Waals surface area contributed by atoms with Crippen molar-refractivity contribution in [2.75, 3.05) is 20.3 Å². The smallest absolute Gasteiger partial charge is 0.254 e. The summed E-state index contributed by atoms with van der Waals surface area (Å²) < 4.78 is 7.14. The fraction of sp³-hybridized carbons (Fsp3) is 0.733. The molecule has 0 aliphatic heterocycles. The maximum atomic E-state index is 12.2. The molecule has 1 fully saturated rings. The van der Waals surface area contributed by atoms with Gasteiger partial charge < -0.3 is 10.1 Å². The lowest BCUT2D eigenvalue weighted by atomic mass is 9.87. The maximum Gasteiger partial charge on any atom is 0.254 e. The summed E-state index contributed by atoms with van der Waals surface area (Å²) >= 11 is 0. The van der Waals surface area contributed by atoms with Crippen molar-refractivity contribution in [3.05, 3.63) is 18.0 Å². The molecule has 0 aromatic carbocycles. The molecule has 1 aromatic rings. The molecule has 1 aromatic heterocycles. The summed E-state index contributed by atoms with van der Waals surface area (Å²) in [4.78, 5) is 12.2. The van der Waals surface area contributed by atoms with Crippen molar-refractivity contribution in [3.8, 4) is 0 Å². The molecule has 112 valence electrons. The Labute approximate surface area is 120 Å².